The number of carbonyl (C=O) groups excluding carboxylic acids is 1. The molecule has 0 fully saturated rings. The summed E-state index contributed by atoms with van der Waals surface area (Å²) in [5.41, 5.74) is 8.76. The van der Waals surface area contributed by atoms with E-state index in [9.17, 15) is 4.79 Å². The second-order valence-electron chi connectivity index (χ2n) is 5.63. The standard InChI is InChI=1S/C19H24N2O2/c1-15-7-3-6-10-18(15)23-14-13-21(2)19(22)12-11-16-8-4-5-9-17(16)20/h3-10H,11-14,20H2,1-2H3. The second kappa shape index (κ2) is 8.22. The van der Waals surface area contributed by atoms with E-state index in [0.717, 1.165) is 22.6 Å². The molecule has 0 saturated carbocycles. The molecule has 0 aliphatic heterocycles. The van der Waals surface area contributed by atoms with Crippen molar-refractivity contribution in [1.29, 1.82) is 0 Å². The van der Waals surface area contributed by atoms with E-state index in [-0.39, 0.29) is 5.91 Å². The molecule has 2 rings (SSSR count). The Labute approximate surface area is 137 Å². The zero-order valence-electron chi connectivity index (χ0n) is 13.8. The van der Waals surface area contributed by atoms with Crippen LogP contribution in [0.1, 0.15) is 17.5 Å². The van der Waals surface area contributed by atoms with Crippen molar-refractivity contribution in [3.63, 3.8) is 0 Å². The molecule has 0 bridgehead atoms. The smallest absolute Gasteiger partial charge is 0.222 e. The summed E-state index contributed by atoms with van der Waals surface area (Å²) >= 11 is 0. The number of para-hydroxylation sites is 2. The Bertz CT molecular complexity index is 655. The largest absolute Gasteiger partial charge is 0.491 e. The fraction of sp³-hybridized carbons (Fsp3) is 0.316. The number of benzene rings is 2. The average molecular weight is 312 g/mol. The molecule has 23 heavy (non-hydrogen) atoms. The molecule has 0 atom stereocenters. The highest BCUT2D eigenvalue weighted by atomic mass is 16.5. The molecule has 0 heterocycles. The van der Waals surface area contributed by atoms with Gasteiger partial charge < -0.3 is 15.4 Å². The lowest BCUT2D eigenvalue weighted by Gasteiger charge is -2.18. The van der Waals surface area contributed by atoms with Crippen molar-refractivity contribution in [2.75, 3.05) is 25.9 Å². The van der Waals surface area contributed by atoms with Crippen LogP contribution in [0.3, 0.4) is 0 Å². The van der Waals surface area contributed by atoms with Crippen LogP contribution in [-0.4, -0.2) is 31.0 Å². The highest BCUT2D eigenvalue weighted by molar-refractivity contribution is 5.76. The van der Waals surface area contributed by atoms with Crippen LogP contribution in [0, 0.1) is 6.92 Å². The van der Waals surface area contributed by atoms with Crippen molar-refractivity contribution in [3.05, 3.63) is 59.7 Å². The monoisotopic (exact) mass is 312 g/mol. The Balaban J connectivity index is 1.75. The summed E-state index contributed by atoms with van der Waals surface area (Å²) in [6, 6.07) is 15.5. The Morgan fingerprint density at radius 1 is 1.13 bits per heavy atom. The fourth-order valence-electron chi connectivity index (χ4n) is 2.33. The van der Waals surface area contributed by atoms with E-state index < -0.39 is 0 Å². The molecule has 2 aromatic carbocycles. The van der Waals surface area contributed by atoms with Gasteiger partial charge in [0.05, 0.1) is 6.54 Å². The number of ether oxygens (including phenoxy) is 1. The molecule has 2 N–H and O–H groups in total. The lowest BCUT2D eigenvalue weighted by molar-refractivity contribution is -0.130. The van der Waals surface area contributed by atoms with Crippen LogP contribution in [0.4, 0.5) is 5.69 Å². The van der Waals surface area contributed by atoms with Gasteiger partial charge in [0.15, 0.2) is 0 Å². The number of hydrogen-bond donors (Lipinski definition) is 1. The molecule has 0 unspecified atom stereocenters. The Morgan fingerprint density at radius 3 is 2.57 bits per heavy atom. The van der Waals surface area contributed by atoms with E-state index in [1.54, 1.807) is 11.9 Å². The molecule has 0 radical (unpaired) electrons. The van der Waals surface area contributed by atoms with Gasteiger partial charge in [0.1, 0.15) is 12.4 Å². The van der Waals surface area contributed by atoms with Crippen molar-refractivity contribution in [2.24, 2.45) is 0 Å². The number of hydrogen-bond acceptors (Lipinski definition) is 3. The Morgan fingerprint density at radius 2 is 1.83 bits per heavy atom. The maximum Gasteiger partial charge on any atom is 0.222 e. The molecule has 0 saturated heterocycles. The quantitative estimate of drug-likeness (QED) is 0.800. The van der Waals surface area contributed by atoms with E-state index >= 15 is 0 Å². The number of likely N-dealkylation sites (N-methyl/N-ethyl adjacent to an activating group) is 1. The van der Waals surface area contributed by atoms with Crippen molar-refractivity contribution < 1.29 is 9.53 Å². The van der Waals surface area contributed by atoms with Crippen LogP contribution in [0.2, 0.25) is 0 Å². The van der Waals surface area contributed by atoms with Gasteiger partial charge in [-0.2, -0.15) is 0 Å². The molecular formula is C19H24N2O2. The number of carbonyl (C=O) groups is 1. The van der Waals surface area contributed by atoms with E-state index in [1.807, 2.05) is 55.5 Å². The number of amides is 1. The molecule has 0 aromatic heterocycles. The summed E-state index contributed by atoms with van der Waals surface area (Å²) in [5.74, 6) is 0.965. The Hall–Kier alpha value is -2.49. The van der Waals surface area contributed by atoms with Crippen LogP contribution in [-0.2, 0) is 11.2 Å². The maximum atomic E-state index is 12.2. The van der Waals surface area contributed by atoms with E-state index in [0.29, 0.717) is 26.0 Å². The molecule has 0 spiro atoms. The summed E-state index contributed by atoms with van der Waals surface area (Å²) in [7, 11) is 1.80. The van der Waals surface area contributed by atoms with Gasteiger partial charge in [0, 0.05) is 19.2 Å². The molecule has 4 nitrogen and oxygen atoms in total. The Kier molecular flexibility index (Phi) is 6.03. The minimum atomic E-state index is 0.0987. The zero-order valence-corrected chi connectivity index (χ0v) is 13.8. The van der Waals surface area contributed by atoms with Crippen LogP contribution in [0.15, 0.2) is 48.5 Å². The molecule has 1 amide bonds. The van der Waals surface area contributed by atoms with Gasteiger partial charge in [-0.25, -0.2) is 0 Å². The van der Waals surface area contributed by atoms with Crippen molar-refractivity contribution in [1.82, 2.24) is 4.90 Å². The number of rotatable bonds is 7. The molecule has 122 valence electrons. The number of aryl methyl sites for hydroxylation is 2. The van der Waals surface area contributed by atoms with Crippen molar-refractivity contribution in [3.8, 4) is 5.75 Å². The second-order valence-corrected chi connectivity index (χ2v) is 5.63. The molecule has 0 aliphatic carbocycles. The first-order valence-electron chi connectivity index (χ1n) is 7.83. The number of nitrogens with zero attached hydrogens (tertiary/aromatic N) is 1. The lowest BCUT2D eigenvalue weighted by Crippen LogP contribution is -2.31. The van der Waals surface area contributed by atoms with Gasteiger partial charge in [-0.1, -0.05) is 36.4 Å². The molecule has 4 heteroatoms. The molecule has 0 aliphatic rings. The van der Waals surface area contributed by atoms with Crippen LogP contribution < -0.4 is 10.5 Å². The number of nitrogens with two attached hydrogens (primary N) is 1. The lowest BCUT2D eigenvalue weighted by atomic mass is 10.1. The minimum Gasteiger partial charge on any atom is -0.491 e. The third-order valence-corrected chi connectivity index (χ3v) is 3.87. The number of anilines is 1. The number of nitrogen functional groups attached to an aromatic ring is 1. The predicted octanol–water partition coefficient (Wildman–Crippen LogP) is 3.05. The third-order valence-electron chi connectivity index (χ3n) is 3.87. The van der Waals surface area contributed by atoms with Crippen LogP contribution in [0.25, 0.3) is 0 Å². The zero-order chi connectivity index (χ0) is 16.7. The SMILES string of the molecule is Cc1ccccc1OCCN(C)C(=O)CCc1ccccc1N. The topological polar surface area (TPSA) is 55.6 Å². The van der Waals surface area contributed by atoms with Crippen molar-refractivity contribution >= 4 is 11.6 Å². The first kappa shape index (κ1) is 16.9. The van der Waals surface area contributed by atoms with Crippen molar-refractivity contribution in [2.45, 2.75) is 19.8 Å². The fourth-order valence-corrected chi connectivity index (χ4v) is 2.33. The van der Waals surface area contributed by atoms with Gasteiger partial charge in [-0.05, 0) is 36.6 Å². The van der Waals surface area contributed by atoms with E-state index in [1.165, 1.54) is 0 Å². The molecular weight excluding hydrogens is 288 g/mol. The van der Waals surface area contributed by atoms with Gasteiger partial charge in [-0.15, -0.1) is 0 Å². The highest BCUT2D eigenvalue weighted by Gasteiger charge is 2.10. The summed E-state index contributed by atoms with van der Waals surface area (Å²) in [6.45, 7) is 3.06. The maximum absolute atomic E-state index is 12.2. The van der Waals surface area contributed by atoms with E-state index in [2.05, 4.69) is 0 Å². The van der Waals surface area contributed by atoms with E-state index in [4.69, 9.17) is 10.5 Å². The van der Waals surface area contributed by atoms with Gasteiger partial charge >= 0.3 is 0 Å². The van der Waals surface area contributed by atoms with Gasteiger partial charge in [-0.3, -0.25) is 4.79 Å². The van der Waals surface area contributed by atoms with Crippen LogP contribution in [0.5, 0.6) is 5.75 Å². The predicted molar refractivity (Wildman–Crippen MR) is 93.5 cm³/mol. The molecule has 2 aromatic rings. The summed E-state index contributed by atoms with van der Waals surface area (Å²) in [6.07, 6.45) is 1.11. The van der Waals surface area contributed by atoms with Gasteiger partial charge in [0.25, 0.3) is 0 Å². The summed E-state index contributed by atoms with van der Waals surface area (Å²) < 4.78 is 5.73. The highest BCUT2D eigenvalue weighted by Crippen LogP contribution is 2.16. The average Bonchev–Trinajstić information content (AvgIpc) is 2.55. The third kappa shape index (κ3) is 5.02. The normalized spacial score (nSPS) is 10.3. The summed E-state index contributed by atoms with van der Waals surface area (Å²) in [4.78, 5) is 13.9. The first-order valence-corrected chi connectivity index (χ1v) is 7.83. The van der Waals surface area contributed by atoms with Crippen LogP contribution >= 0.6 is 0 Å². The van der Waals surface area contributed by atoms with Gasteiger partial charge in [0.2, 0.25) is 5.91 Å². The first-order chi connectivity index (χ1) is 11.1. The summed E-state index contributed by atoms with van der Waals surface area (Å²) in [5, 5.41) is 0. The minimum absolute atomic E-state index is 0.0987.